The number of nitrogens with one attached hydrogen (secondary N) is 1. The van der Waals surface area contributed by atoms with Crippen molar-refractivity contribution in [3.8, 4) is 0 Å². The van der Waals surface area contributed by atoms with Crippen molar-refractivity contribution in [2.24, 2.45) is 0 Å². The van der Waals surface area contributed by atoms with E-state index in [1.165, 1.54) is 14.0 Å². The lowest BCUT2D eigenvalue weighted by molar-refractivity contribution is -0.147. The smallest absolute Gasteiger partial charge is 0.328 e. The van der Waals surface area contributed by atoms with Crippen LogP contribution in [-0.2, 0) is 23.9 Å². The van der Waals surface area contributed by atoms with E-state index < -0.39 is 12.0 Å². The van der Waals surface area contributed by atoms with Crippen LogP contribution in [0.3, 0.4) is 0 Å². The normalized spacial score (nSPS) is 11.5. The van der Waals surface area contributed by atoms with Crippen molar-refractivity contribution in [3.63, 3.8) is 0 Å². The van der Waals surface area contributed by atoms with Crippen molar-refractivity contribution in [1.29, 1.82) is 0 Å². The SMILES string of the molecule is CCCOC(=O)CCC(NC(C)=O)C(=O)OC. The van der Waals surface area contributed by atoms with Gasteiger partial charge >= 0.3 is 11.9 Å². The number of methoxy groups -OCH3 is 1. The van der Waals surface area contributed by atoms with Crippen LogP contribution >= 0.6 is 0 Å². The van der Waals surface area contributed by atoms with E-state index in [9.17, 15) is 14.4 Å². The summed E-state index contributed by atoms with van der Waals surface area (Å²) < 4.78 is 9.38. The highest BCUT2D eigenvalue weighted by atomic mass is 16.5. The van der Waals surface area contributed by atoms with E-state index >= 15 is 0 Å². The Labute approximate surface area is 101 Å². The summed E-state index contributed by atoms with van der Waals surface area (Å²) in [6.45, 7) is 3.55. The standard InChI is InChI=1S/C11H19NO5/c1-4-7-17-10(14)6-5-9(11(15)16-3)12-8(2)13/h9H,4-7H2,1-3H3,(H,12,13). The molecule has 0 aliphatic rings. The number of carbonyl (C=O) groups excluding carboxylic acids is 3. The van der Waals surface area contributed by atoms with E-state index in [0.29, 0.717) is 6.61 Å². The van der Waals surface area contributed by atoms with Crippen LogP contribution in [0.5, 0.6) is 0 Å². The van der Waals surface area contributed by atoms with E-state index in [0.717, 1.165) is 6.42 Å². The van der Waals surface area contributed by atoms with Crippen molar-refractivity contribution in [3.05, 3.63) is 0 Å². The zero-order chi connectivity index (χ0) is 13.3. The molecule has 0 heterocycles. The molecule has 1 atom stereocenters. The molecule has 1 unspecified atom stereocenters. The molecule has 0 aliphatic heterocycles. The van der Waals surface area contributed by atoms with Crippen LogP contribution in [0.15, 0.2) is 0 Å². The predicted molar refractivity (Wildman–Crippen MR) is 60.1 cm³/mol. The van der Waals surface area contributed by atoms with Gasteiger partial charge in [0.25, 0.3) is 0 Å². The number of hydrogen-bond donors (Lipinski definition) is 1. The Balaban J connectivity index is 4.11. The molecule has 0 aromatic rings. The minimum atomic E-state index is -0.799. The highest BCUT2D eigenvalue weighted by Gasteiger charge is 2.21. The molecule has 0 bridgehead atoms. The lowest BCUT2D eigenvalue weighted by Gasteiger charge is -2.14. The van der Waals surface area contributed by atoms with E-state index in [2.05, 4.69) is 10.1 Å². The molecular formula is C11H19NO5. The summed E-state index contributed by atoms with van der Waals surface area (Å²) >= 11 is 0. The molecule has 17 heavy (non-hydrogen) atoms. The minimum absolute atomic E-state index is 0.0695. The lowest BCUT2D eigenvalue weighted by Crippen LogP contribution is -2.40. The molecule has 0 saturated carbocycles. The first-order valence-electron chi connectivity index (χ1n) is 5.51. The molecule has 0 fully saturated rings. The van der Waals surface area contributed by atoms with Gasteiger partial charge in [0, 0.05) is 13.3 Å². The van der Waals surface area contributed by atoms with E-state index in [1.54, 1.807) is 0 Å². The molecule has 6 nitrogen and oxygen atoms in total. The molecule has 1 N–H and O–H groups in total. The summed E-state index contributed by atoms with van der Waals surface area (Å²) in [5.41, 5.74) is 0. The summed E-state index contributed by atoms with van der Waals surface area (Å²) in [4.78, 5) is 33.4. The Bertz CT molecular complexity index is 277. The summed E-state index contributed by atoms with van der Waals surface area (Å²) in [5, 5.41) is 2.42. The Kier molecular flexibility index (Phi) is 7.75. The Morgan fingerprint density at radius 2 is 1.94 bits per heavy atom. The first kappa shape index (κ1) is 15.4. The molecule has 0 aromatic heterocycles. The Hall–Kier alpha value is -1.59. The van der Waals surface area contributed by atoms with Crippen LogP contribution in [0.1, 0.15) is 33.1 Å². The number of rotatable bonds is 7. The molecular weight excluding hydrogens is 226 g/mol. The quantitative estimate of drug-likeness (QED) is 0.656. The minimum Gasteiger partial charge on any atom is -0.467 e. The van der Waals surface area contributed by atoms with Gasteiger partial charge in [-0.15, -0.1) is 0 Å². The second kappa shape index (κ2) is 8.55. The van der Waals surface area contributed by atoms with Gasteiger partial charge in [-0.3, -0.25) is 9.59 Å². The Morgan fingerprint density at radius 3 is 2.41 bits per heavy atom. The molecule has 0 aromatic carbocycles. The maximum atomic E-state index is 11.3. The van der Waals surface area contributed by atoms with Gasteiger partial charge in [0.15, 0.2) is 0 Å². The number of ether oxygens (including phenoxy) is 2. The maximum absolute atomic E-state index is 11.3. The molecule has 0 spiro atoms. The van der Waals surface area contributed by atoms with Crippen LogP contribution in [0, 0.1) is 0 Å². The van der Waals surface area contributed by atoms with Gasteiger partial charge in [0.2, 0.25) is 5.91 Å². The number of amides is 1. The molecule has 6 heteroatoms. The van der Waals surface area contributed by atoms with Crippen LogP contribution in [-0.4, -0.2) is 37.6 Å². The number of esters is 2. The molecule has 0 saturated heterocycles. The Morgan fingerprint density at radius 1 is 1.29 bits per heavy atom. The van der Waals surface area contributed by atoms with Gasteiger partial charge in [0.05, 0.1) is 13.7 Å². The van der Waals surface area contributed by atoms with E-state index in [4.69, 9.17) is 4.74 Å². The third-order valence-electron chi connectivity index (χ3n) is 1.97. The van der Waals surface area contributed by atoms with E-state index in [-0.39, 0.29) is 24.7 Å². The first-order chi connectivity index (χ1) is 8.01. The third kappa shape index (κ3) is 7.32. The third-order valence-corrected chi connectivity index (χ3v) is 1.97. The van der Waals surface area contributed by atoms with Gasteiger partial charge in [0.1, 0.15) is 6.04 Å². The summed E-state index contributed by atoms with van der Waals surface area (Å²) in [7, 11) is 1.23. The van der Waals surface area contributed by atoms with Crippen LogP contribution < -0.4 is 5.32 Å². The van der Waals surface area contributed by atoms with Crippen LogP contribution in [0.4, 0.5) is 0 Å². The fourth-order valence-electron chi connectivity index (χ4n) is 1.19. The van der Waals surface area contributed by atoms with Gasteiger partial charge in [-0.25, -0.2) is 4.79 Å². The summed E-state index contributed by atoms with van der Waals surface area (Å²) in [5.74, 6) is -1.29. The number of hydrogen-bond acceptors (Lipinski definition) is 5. The number of carbonyl (C=O) groups is 3. The van der Waals surface area contributed by atoms with E-state index in [1.807, 2.05) is 6.92 Å². The van der Waals surface area contributed by atoms with Gasteiger partial charge in [-0.05, 0) is 12.8 Å². The summed E-state index contributed by atoms with van der Waals surface area (Å²) in [6, 6.07) is -0.799. The fraction of sp³-hybridized carbons (Fsp3) is 0.727. The van der Waals surface area contributed by atoms with Gasteiger partial charge in [-0.1, -0.05) is 6.92 Å². The fourth-order valence-corrected chi connectivity index (χ4v) is 1.19. The highest BCUT2D eigenvalue weighted by Crippen LogP contribution is 2.02. The molecule has 0 aliphatic carbocycles. The first-order valence-corrected chi connectivity index (χ1v) is 5.51. The molecule has 0 radical (unpaired) electrons. The zero-order valence-corrected chi connectivity index (χ0v) is 10.4. The van der Waals surface area contributed by atoms with Crippen LogP contribution in [0.2, 0.25) is 0 Å². The van der Waals surface area contributed by atoms with Crippen molar-refractivity contribution >= 4 is 17.8 Å². The average Bonchev–Trinajstić information content (AvgIpc) is 2.30. The monoisotopic (exact) mass is 245 g/mol. The van der Waals surface area contributed by atoms with Crippen molar-refractivity contribution in [1.82, 2.24) is 5.32 Å². The van der Waals surface area contributed by atoms with Crippen LogP contribution in [0.25, 0.3) is 0 Å². The lowest BCUT2D eigenvalue weighted by atomic mass is 10.1. The van der Waals surface area contributed by atoms with Crippen molar-refractivity contribution in [2.75, 3.05) is 13.7 Å². The average molecular weight is 245 g/mol. The van der Waals surface area contributed by atoms with Gasteiger partial charge < -0.3 is 14.8 Å². The molecule has 0 rings (SSSR count). The van der Waals surface area contributed by atoms with Crippen molar-refractivity contribution in [2.45, 2.75) is 39.2 Å². The molecule has 98 valence electrons. The van der Waals surface area contributed by atoms with Crippen molar-refractivity contribution < 1.29 is 23.9 Å². The second-order valence-electron chi connectivity index (χ2n) is 3.54. The van der Waals surface area contributed by atoms with Gasteiger partial charge in [-0.2, -0.15) is 0 Å². The summed E-state index contributed by atoms with van der Waals surface area (Å²) in [6.07, 6.45) is 0.993. The molecule has 1 amide bonds. The predicted octanol–water partition coefficient (Wildman–Crippen LogP) is 0.398. The largest absolute Gasteiger partial charge is 0.467 e. The highest BCUT2D eigenvalue weighted by molar-refractivity contribution is 5.83. The zero-order valence-electron chi connectivity index (χ0n) is 10.4. The maximum Gasteiger partial charge on any atom is 0.328 e. The second-order valence-corrected chi connectivity index (χ2v) is 3.54. The topological polar surface area (TPSA) is 81.7 Å².